The number of hydrogen-bond acceptors (Lipinski definition) is 5. The summed E-state index contributed by atoms with van der Waals surface area (Å²) in [5.74, 6) is 3.42. The van der Waals surface area contributed by atoms with Gasteiger partial charge >= 0.3 is 0 Å². The molecule has 7 rings (SSSR count). The number of nitrogens with zero attached hydrogens (tertiary/aromatic N) is 3. The van der Waals surface area contributed by atoms with Crippen LogP contribution in [0.4, 0.5) is 0 Å². The first-order valence-electron chi connectivity index (χ1n) is 14.1. The molecule has 0 radical (unpaired) electrons. The van der Waals surface area contributed by atoms with E-state index in [1.165, 1.54) is 5.56 Å². The Morgan fingerprint density at radius 2 is 1.22 bits per heavy atom. The Morgan fingerprint density at radius 3 is 1.83 bits per heavy atom. The van der Waals surface area contributed by atoms with Crippen LogP contribution in [0.1, 0.15) is 52.9 Å². The second-order valence-corrected chi connectivity index (χ2v) is 13.0. The van der Waals surface area contributed by atoms with E-state index in [1.807, 2.05) is 18.3 Å². The predicted molar refractivity (Wildman–Crippen MR) is 166 cm³/mol. The van der Waals surface area contributed by atoms with Gasteiger partial charge < -0.3 is 9.47 Å². The van der Waals surface area contributed by atoms with Crippen molar-refractivity contribution >= 4 is 23.1 Å². The van der Waals surface area contributed by atoms with Crippen LogP contribution >= 0.6 is 0 Å². The lowest BCUT2D eigenvalue weighted by atomic mass is 9.35. The summed E-state index contributed by atoms with van der Waals surface area (Å²) in [4.78, 5) is 14.6. The highest BCUT2D eigenvalue weighted by Crippen LogP contribution is 2.36. The molecule has 0 fully saturated rings. The van der Waals surface area contributed by atoms with E-state index in [2.05, 4.69) is 108 Å². The van der Waals surface area contributed by atoms with Crippen LogP contribution in [0.15, 0.2) is 85.1 Å². The van der Waals surface area contributed by atoms with Crippen LogP contribution < -0.4 is 25.9 Å². The zero-order valence-electron chi connectivity index (χ0n) is 24.3. The van der Waals surface area contributed by atoms with Crippen LogP contribution in [0.3, 0.4) is 0 Å². The van der Waals surface area contributed by atoms with Gasteiger partial charge in [0.05, 0.1) is 11.2 Å². The Bertz CT molecular complexity index is 1800. The molecule has 0 saturated heterocycles. The number of fused-ring (bicyclic) bond motifs is 4. The first kappa shape index (κ1) is 25.5. The fraction of sp³-hybridized carbons (Fsp3) is 0.229. The minimum Gasteiger partial charge on any atom is -0.440 e. The van der Waals surface area contributed by atoms with Gasteiger partial charge in [0.1, 0.15) is 17.3 Å². The molecule has 2 aliphatic rings. The monoisotopic (exact) mass is 537 g/mol. The van der Waals surface area contributed by atoms with Crippen molar-refractivity contribution in [3.8, 4) is 45.6 Å². The lowest BCUT2D eigenvalue weighted by Gasteiger charge is -2.33. The van der Waals surface area contributed by atoms with Gasteiger partial charge in [-0.3, -0.25) is 4.98 Å². The molecular formula is C35H32BN3O2. The Balaban J connectivity index is 1.44. The summed E-state index contributed by atoms with van der Waals surface area (Å²) in [6.07, 6.45) is 1.90. The summed E-state index contributed by atoms with van der Waals surface area (Å²) in [7, 11) is 0. The minimum atomic E-state index is -0.265. The third-order valence-corrected chi connectivity index (χ3v) is 7.92. The molecule has 0 aliphatic carbocycles. The van der Waals surface area contributed by atoms with Gasteiger partial charge in [-0.2, -0.15) is 9.97 Å². The summed E-state index contributed by atoms with van der Waals surface area (Å²) < 4.78 is 13.0. The van der Waals surface area contributed by atoms with E-state index in [1.54, 1.807) is 0 Å². The largest absolute Gasteiger partial charge is 0.440 e. The van der Waals surface area contributed by atoms with E-state index >= 15 is 0 Å². The highest BCUT2D eigenvalue weighted by molar-refractivity contribution is 6.98. The van der Waals surface area contributed by atoms with E-state index in [9.17, 15) is 0 Å². The summed E-state index contributed by atoms with van der Waals surface area (Å²) in [6, 6.07) is 27.5. The minimum absolute atomic E-state index is 0.0262. The molecule has 0 spiro atoms. The Morgan fingerprint density at radius 1 is 0.610 bits per heavy atom. The topological polar surface area (TPSA) is 57.1 Å². The number of pyridine rings is 1. The number of rotatable bonds is 2. The summed E-state index contributed by atoms with van der Waals surface area (Å²) in [5, 5.41) is 0. The van der Waals surface area contributed by atoms with Crippen molar-refractivity contribution in [1.82, 2.24) is 15.0 Å². The Hall–Kier alpha value is -4.45. The molecule has 3 aromatic carbocycles. The fourth-order valence-electron chi connectivity index (χ4n) is 5.61. The summed E-state index contributed by atoms with van der Waals surface area (Å²) >= 11 is 0. The van der Waals surface area contributed by atoms with Crippen LogP contribution in [-0.4, -0.2) is 21.7 Å². The van der Waals surface area contributed by atoms with Crippen molar-refractivity contribution in [3.63, 3.8) is 0 Å². The molecule has 2 aliphatic heterocycles. The predicted octanol–water partition coefficient (Wildman–Crippen LogP) is 6.53. The van der Waals surface area contributed by atoms with Gasteiger partial charge in [0.15, 0.2) is 0 Å². The van der Waals surface area contributed by atoms with Gasteiger partial charge in [-0.1, -0.05) is 90.1 Å². The smallest absolute Gasteiger partial charge is 0.265 e. The van der Waals surface area contributed by atoms with Gasteiger partial charge in [-0.15, -0.1) is 0 Å². The zero-order chi connectivity index (χ0) is 28.5. The molecule has 0 N–H and O–H groups in total. The van der Waals surface area contributed by atoms with E-state index in [0.29, 0.717) is 17.6 Å². The normalized spacial score (nSPS) is 13.5. The van der Waals surface area contributed by atoms with Crippen molar-refractivity contribution < 1.29 is 9.47 Å². The lowest BCUT2D eigenvalue weighted by molar-refractivity contribution is 0.418. The van der Waals surface area contributed by atoms with Crippen molar-refractivity contribution in [3.05, 3.63) is 96.4 Å². The maximum absolute atomic E-state index is 6.51. The quantitative estimate of drug-likeness (QED) is 0.235. The average Bonchev–Trinajstić information content (AvgIpc) is 2.96. The van der Waals surface area contributed by atoms with Gasteiger partial charge in [-0.25, -0.2) is 0 Å². The molecule has 202 valence electrons. The first-order valence-corrected chi connectivity index (χ1v) is 14.1. The van der Waals surface area contributed by atoms with Crippen molar-refractivity contribution in [2.45, 2.75) is 52.4 Å². The van der Waals surface area contributed by atoms with Crippen LogP contribution in [-0.2, 0) is 10.8 Å². The van der Waals surface area contributed by atoms with Gasteiger partial charge in [0.25, 0.3) is 6.71 Å². The second-order valence-electron chi connectivity index (χ2n) is 13.0. The van der Waals surface area contributed by atoms with Gasteiger partial charge in [-0.05, 0) is 68.9 Å². The molecule has 2 aromatic heterocycles. The van der Waals surface area contributed by atoms with E-state index < -0.39 is 0 Å². The standard InChI is InChI=1S/C35H32BN3O2/c1-34(2,3)24-16-17-37-27(20-24)23-13-15-29-26(19-23)36-25-18-22(21-10-8-7-9-11-21)12-14-28(25)40-31-30(36)32(41-29)39-33(38-31)35(4,5)6/h7-20H,1-6H3. The van der Waals surface area contributed by atoms with Crippen molar-refractivity contribution in [1.29, 1.82) is 0 Å². The molecule has 0 bridgehead atoms. The molecule has 5 aromatic rings. The van der Waals surface area contributed by atoms with Crippen molar-refractivity contribution in [2.24, 2.45) is 0 Å². The molecule has 41 heavy (non-hydrogen) atoms. The number of benzene rings is 3. The lowest BCUT2D eigenvalue weighted by Crippen LogP contribution is -2.58. The Kier molecular flexibility index (Phi) is 5.62. The molecule has 0 unspecified atom stereocenters. The van der Waals surface area contributed by atoms with Gasteiger partial charge in [0.2, 0.25) is 11.8 Å². The molecule has 0 saturated carbocycles. The zero-order valence-corrected chi connectivity index (χ0v) is 24.3. The molecule has 4 heterocycles. The number of aromatic nitrogens is 3. The average molecular weight is 537 g/mol. The number of hydrogen-bond donors (Lipinski definition) is 0. The van der Waals surface area contributed by atoms with Crippen molar-refractivity contribution in [2.75, 3.05) is 0 Å². The molecular weight excluding hydrogens is 505 g/mol. The fourth-order valence-corrected chi connectivity index (χ4v) is 5.61. The molecule has 6 heteroatoms. The highest BCUT2D eigenvalue weighted by atomic mass is 16.5. The Labute approximate surface area is 241 Å². The maximum atomic E-state index is 6.51. The van der Waals surface area contributed by atoms with Gasteiger partial charge in [0, 0.05) is 11.6 Å². The third-order valence-electron chi connectivity index (χ3n) is 7.92. The molecule has 0 atom stereocenters. The van der Waals surface area contributed by atoms with Crippen LogP contribution in [0.5, 0.6) is 23.3 Å². The van der Waals surface area contributed by atoms with E-state index in [4.69, 9.17) is 24.4 Å². The molecule has 0 amide bonds. The van der Waals surface area contributed by atoms with E-state index in [0.717, 1.165) is 50.3 Å². The van der Waals surface area contributed by atoms with Crippen LogP contribution in [0, 0.1) is 0 Å². The second kappa shape index (κ2) is 9.03. The summed E-state index contributed by atoms with van der Waals surface area (Å²) in [6.45, 7) is 12.8. The van der Waals surface area contributed by atoms with Crippen LogP contribution in [0.2, 0.25) is 0 Å². The summed E-state index contributed by atoms with van der Waals surface area (Å²) in [5.41, 5.74) is 8.29. The SMILES string of the molecule is CC(C)(C)c1ccnc(-c2ccc3c(c2)B2c4cc(-c5ccccc5)ccc4Oc4nc(C(C)(C)C)nc(c42)O3)c1. The van der Waals surface area contributed by atoms with E-state index in [-0.39, 0.29) is 17.5 Å². The first-order chi connectivity index (χ1) is 19.6. The van der Waals surface area contributed by atoms with Crippen LogP contribution in [0.25, 0.3) is 22.4 Å². The highest BCUT2D eigenvalue weighted by Gasteiger charge is 2.43. The molecule has 5 nitrogen and oxygen atoms in total. The third kappa shape index (κ3) is 4.38. The number of ether oxygens (including phenoxy) is 2. The maximum Gasteiger partial charge on any atom is 0.265 e.